The number of hydrogen-bond donors (Lipinski definition) is 1. The molecule has 1 saturated carbocycles. The fraction of sp³-hybridized carbons (Fsp3) is 0.562. The number of aryl methyl sites for hydroxylation is 1. The number of amides is 1. The van der Waals surface area contributed by atoms with E-state index in [2.05, 4.69) is 4.90 Å². The molecule has 108 valence electrons. The Kier molecular flexibility index (Phi) is 3.74. The summed E-state index contributed by atoms with van der Waals surface area (Å²) in [6.07, 6.45) is 4.66. The first-order chi connectivity index (χ1) is 9.58. The number of carbonyl (C=O) groups excluding carboxylic acids is 1. The van der Waals surface area contributed by atoms with Crippen molar-refractivity contribution in [3.05, 3.63) is 34.3 Å². The van der Waals surface area contributed by atoms with Gasteiger partial charge in [0.25, 0.3) is 0 Å². The zero-order valence-corrected chi connectivity index (χ0v) is 12.6. The molecule has 3 rings (SSSR count). The molecule has 2 fully saturated rings. The fourth-order valence-corrected chi connectivity index (χ4v) is 3.50. The highest BCUT2D eigenvalue weighted by atomic mass is 35.5. The molecule has 3 nitrogen and oxygen atoms in total. The van der Waals surface area contributed by atoms with E-state index in [9.17, 15) is 4.79 Å². The number of carbonyl (C=O) groups is 1. The molecule has 2 unspecified atom stereocenters. The van der Waals surface area contributed by atoms with Crippen LogP contribution in [0.1, 0.15) is 49.3 Å². The van der Waals surface area contributed by atoms with Crippen molar-refractivity contribution in [3.63, 3.8) is 0 Å². The average Bonchev–Trinajstić information content (AvgIpc) is 3.20. The van der Waals surface area contributed by atoms with Crippen molar-refractivity contribution in [2.75, 3.05) is 0 Å². The van der Waals surface area contributed by atoms with E-state index < -0.39 is 0 Å². The van der Waals surface area contributed by atoms with Crippen molar-refractivity contribution in [2.24, 2.45) is 5.73 Å². The van der Waals surface area contributed by atoms with Gasteiger partial charge in [0.05, 0.1) is 6.04 Å². The van der Waals surface area contributed by atoms with Crippen molar-refractivity contribution in [3.8, 4) is 0 Å². The van der Waals surface area contributed by atoms with Crippen LogP contribution in [-0.2, 0) is 4.79 Å². The molecule has 1 aliphatic carbocycles. The molecule has 0 bridgehead atoms. The van der Waals surface area contributed by atoms with Crippen molar-refractivity contribution < 1.29 is 4.79 Å². The number of likely N-dealkylation sites (tertiary alicyclic amines) is 1. The molecule has 20 heavy (non-hydrogen) atoms. The molecule has 0 aromatic heterocycles. The number of nitrogens with two attached hydrogens (primary N) is 1. The van der Waals surface area contributed by atoms with Crippen LogP contribution in [0, 0.1) is 6.92 Å². The summed E-state index contributed by atoms with van der Waals surface area (Å²) in [6, 6.07) is 6.32. The van der Waals surface area contributed by atoms with Crippen LogP contribution in [0.2, 0.25) is 5.02 Å². The summed E-state index contributed by atoms with van der Waals surface area (Å²) in [5.74, 6) is 0.264. The Morgan fingerprint density at radius 2 is 2.05 bits per heavy atom. The van der Waals surface area contributed by atoms with Gasteiger partial charge in [0.15, 0.2) is 0 Å². The molecule has 2 aliphatic rings. The highest BCUT2D eigenvalue weighted by molar-refractivity contribution is 6.30. The predicted molar refractivity (Wildman–Crippen MR) is 80.6 cm³/mol. The molecule has 4 heteroatoms. The Bertz CT molecular complexity index is 527. The van der Waals surface area contributed by atoms with Crippen LogP contribution in [0.4, 0.5) is 0 Å². The molecule has 1 aromatic rings. The van der Waals surface area contributed by atoms with E-state index in [0.717, 1.165) is 41.8 Å². The van der Waals surface area contributed by atoms with Gasteiger partial charge in [-0.05, 0) is 55.9 Å². The van der Waals surface area contributed by atoms with Crippen LogP contribution >= 0.6 is 11.6 Å². The first-order valence-electron chi connectivity index (χ1n) is 7.40. The highest BCUT2D eigenvalue weighted by Gasteiger charge is 2.41. The third-order valence-electron chi connectivity index (χ3n) is 4.41. The van der Waals surface area contributed by atoms with Crippen molar-refractivity contribution in [1.29, 1.82) is 0 Å². The number of halogens is 1. The van der Waals surface area contributed by atoms with Gasteiger partial charge in [-0.25, -0.2) is 0 Å². The Balaban J connectivity index is 2.02. The molecule has 1 heterocycles. The number of benzene rings is 1. The number of hydrogen-bond acceptors (Lipinski definition) is 2. The molecular formula is C16H21ClN2O. The smallest absolute Gasteiger partial charge is 0.223 e. The summed E-state index contributed by atoms with van der Waals surface area (Å²) in [4.78, 5) is 14.5. The average molecular weight is 293 g/mol. The minimum Gasteiger partial charge on any atom is -0.331 e. The van der Waals surface area contributed by atoms with E-state index >= 15 is 0 Å². The van der Waals surface area contributed by atoms with Crippen LogP contribution in [-0.4, -0.2) is 22.9 Å². The molecule has 1 aliphatic heterocycles. The van der Waals surface area contributed by atoms with E-state index in [4.69, 9.17) is 17.3 Å². The summed E-state index contributed by atoms with van der Waals surface area (Å²) >= 11 is 6.05. The summed E-state index contributed by atoms with van der Waals surface area (Å²) in [7, 11) is 0. The van der Waals surface area contributed by atoms with Crippen molar-refractivity contribution >= 4 is 17.5 Å². The van der Waals surface area contributed by atoms with E-state index in [1.807, 2.05) is 25.1 Å². The Morgan fingerprint density at radius 3 is 2.70 bits per heavy atom. The summed E-state index contributed by atoms with van der Waals surface area (Å²) < 4.78 is 0. The zero-order valence-electron chi connectivity index (χ0n) is 11.8. The van der Waals surface area contributed by atoms with Crippen LogP contribution in [0.5, 0.6) is 0 Å². The molecule has 1 saturated heterocycles. The van der Waals surface area contributed by atoms with E-state index in [0.29, 0.717) is 12.5 Å². The third kappa shape index (κ3) is 2.57. The van der Waals surface area contributed by atoms with Gasteiger partial charge in [-0.15, -0.1) is 0 Å². The van der Waals surface area contributed by atoms with E-state index in [1.165, 1.54) is 0 Å². The van der Waals surface area contributed by atoms with Gasteiger partial charge in [0, 0.05) is 23.5 Å². The Hall–Kier alpha value is -1.06. The SMILES string of the molecule is Cc1cc(Cl)ccc1C1C(N)CCCC(=O)N1C1CC1. The van der Waals surface area contributed by atoms with Crippen molar-refractivity contribution in [1.82, 2.24) is 4.90 Å². The summed E-state index contributed by atoms with van der Waals surface area (Å²) in [5, 5.41) is 0.734. The maximum atomic E-state index is 12.4. The molecular weight excluding hydrogens is 272 g/mol. The second-order valence-corrected chi connectivity index (χ2v) is 6.47. The maximum absolute atomic E-state index is 12.4. The lowest BCUT2D eigenvalue weighted by Crippen LogP contribution is -2.43. The second kappa shape index (κ2) is 5.38. The Labute approximate surface area is 125 Å². The lowest BCUT2D eigenvalue weighted by Gasteiger charge is -2.35. The zero-order chi connectivity index (χ0) is 14.3. The quantitative estimate of drug-likeness (QED) is 0.910. The van der Waals surface area contributed by atoms with Gasteiger partial charge in [0.2, 0.25) is 5.91 Å². The molecule has 1 aromatic carbocycles. The fourth-order valence-electron chi connectivity index (χ4n) is 3.27. The normalized spacial score (nSPS) is 27.6. The van der Waals surface area contributed by atoms with Gasteiger partial charge in [-0.2, -0.15) is 0 Å². The second-order valence-electron chi connectivity index (χ2n) is 6.03. The van der Waals surface area contributed by atoms with Crippen molar-refractivity contribution in [2.45, 2.75) is 57.2 Å². The first-order valence-corrected chi connectivity index (χ1v) is 7.78. The molecule has 0 spiro atoms. The Morgan fingerprint density at radius 1 is 1.30 bits per heavy atom. The summed E-state index contributed by atoms with van der Waals surface area (Å²) in [6.45, 7) is 2.05. The number of rotatable bonds is 2. The van der Waals surface area contributed by atoms with Gasteiger partial charge in [-0.1, -0.05) is 17.7 Å². The van der Waals surface area contributed by atoms with Gasteiger partial charge >= 0.3 is 0 Å². The molecule has 2 atom stereocenters. The summed E-state index contributed by atoms with van der Waals surface area (Å²) in [5.41, 5.74) is 8.69. The number of nitrogens with zero attached hydrogens (tertiary/aromatic N) is 1. The van der Waals surface area contributed by atoms with Gasteiger partial charge < -0.3 is 10.6 Å². The lowest BCUT2D eigenvalue weighted by molar-refractivity contribution is -0.133. The minimum atomic E-state index is 0.00904. The topological polar surface area (TPSA) is 46.3 Å². The van der Waals surface area contributed by atoms with E-state index in [-0.39, 0.29) is 18.0 Å². The standard InChI is InChI=1S/C16H21ClN2O/c1-10-9-11(17)5-8-13(10)16-14(18)3-2-4-15(20)19(16)12-6-7-12/h5,8-9,12,14,16H,2-4,6-7,18H2,1H3. The van der Waals surface area contributed by atoms with Crippen LogP contribution in [0.25, 0.3) is 0 Å². The molecule has 2 N–H and O–H groups in total. The molecule has 1 amide bonds. The van der Waals surface area contributed by atoms with Crippen LogP contribution < -0.4 is 5.73 Å². The van der Waals surface area contributed by atoms with Gasteiger partial charge in [0.1, 0.15) is 0 Å². The third-order valence-corrected chi connectivity index (χ3v) is 4.65. The molecule has 0 radical (unpaired) electrons. The van der Waals surface area contributed by atoms with Crippen LogP contribution in [0.15, 0.2) is 18.2 Å². The first kappa shape index (κ1) is 13.9. The highest BCUT2D eigenvalue weighted by Crippen LogP contribution is 2.40. The lowest BCUT2D eigenvalue weighted by atomic mass is 9.93. The predicted octanol–water partition coefficient (Wildman–Crippen LogP) is 3.19. The van der Waals surface area contributed by atoms with E-state index in [1.54, 1.807) is 0 Å². The minimum absolute atomic E-state index is 0.00904. The maximum Gasteiger partial charge on any atom is 0.223 e. The monoisotopic (exact) mass is 292 g/mol. The largest absolute Gasteiger partial charge is 0.331 e. The van der Waals surface area contributed by atoms with Gasteiger partial charge in [-0.3, -0.25) is 4.79 Å². The van der Waals surface area contributed by atoms with Crippen LogP contribution in [0.3, 0.4) is 0 Å².